The second-order valence-corrected chi connectivity index (χ2v) is 5.35. The zero-order chi connectivity index (χ0) is 15.0. The lowest BCUT2D eigenvalue weighted by molar-refractivity contribution is 0.0638. The van der Waals surface area contributed by atoms with Crippen molar-refractivity contribution in [2.75, 3.05) is 20.2 Å². The number of benzene rings is 1. The van der Waals surface area contributed by atoms with Crippen LogP contribution in [0.2, 0.25) is 0 Å². The Labute approximate surface area is 122 Å². The van der Waals surface area contributed by atoms with Crippen LogP contribution in [0.4, 0.5) is 0 Å². The van der Waals surface area contributed by atoms with Crippen LogP contribution < -0.4 is 10.5 Å². The Morgan fingerprint density at radius 3 is 2.70 bits per heavy atom. The van der Waals surface area contributed by atoms with Crippen LogP contribution in [0.5, 0.6) is 5.75 Å². The van der Waals surface area contributed by atoms with E-state index in [0.29, 0.717) is 25.7 Å². The van der Waals surface area contributed by atoms with Crippen molar-refractivity contribution in [2.24, 2.45) is 5.73 Å². The molecule has 0 aliphatic heterocycles. The zero-order valence-electron chi connectivity index (χ0n) is 12.9. The number of nitrogens with zero attached hydrogens (tertiary/aromatic N) is 1. The summed E-state index contributed by atoms with van der Waals surface area (Å²) < 4.78 is 5.67. The van der Waals surface area contributed by atoms with Gasteiger partial charge in [0.25, 0.3) is 0 Å². The maximum absolute atomic E-state index is 10.1. The van der Waals surface area contributed by atoms with E-state index in [9.17, 15) is 5.11 Å². The summed E-state index contributed by atoms with van der Waals surface area (Å²) in [6, 6.07) is 8.16. The first-order chi connectivity index (χ1) is 9.58. The van der Waals surface area contributed by atoms with E-state index >= 15 is 0 Å². The fraction of sp³-hybridized carbons (Fsp3) is 0.625. The van der Waals surface area contributed by atoms with Crippen molar-refractivity contribution < 1.29 is 9.84 Å². The lowest BCUT2D eigenvalue weighted by Gasteiger charge is -2.26. The van der Waals surface area contributed by atoms with Crippen molar-refractivity contribution in [3.05, 3.63) is 29.8 Å². The summed E-state index contributed by atoms with van der Waals surface area (Å²) in [5.74, 6) is 0.762. The van der Waals surface area contributed by atoms with Gasteiger partial charge in [-0.15, -0.1) is 0 Å². The number of aliphatic hydroxyl groups is 1. The maximum Gasteiger partial charge on any atom is 0.123 e. The van der Waals surface area contributed by atoms with Gasteiger partial charge in [0, 0.05) is 24.7 Å². The van der Waals surface area contributed by atoms with Crippen LogP contribution in [0.15, 0.2) is 24.3 Å². The lowest BCUT2D eigenvalue weighted by Crippen LogP contribution is -2.38. The molecule has 4 heteroatoms. The molecule has 0 radical (unpaired) electrons. The van der Waals surface area contributed by atoms with E-state index < -0.39 is 6.10 Å². The highest BCUT2D eigenvalue weighted by molar-refractivity contribution is 5.32. The quantitative estimate of drug-likeness (QED) is 0.726. The molecule has 0 heterocycles. The van der Waals surface area contributed by atoms with Gasteiger partial charge in [-0.25, -0.2) is 0 Å². The highest BCUT2D eigenvalue weighted by Gasteiger charge is 2.14. The number of aliphatic hydroxyl groups excluding tert-OH is 1. The van der Waals surface area contributed by atoms with Crippen LogP contribution in [0.25, 0.3) is 0 Å². The number of para-hydroxylation sites is 1. The largest absolute Gasteiger partial charge is 0.491 e. The molecule has 0 amide bonds. The smallest absolute Gasteiger partial charge is 0.123 e. The van der Waals surface area contributed by atoms with Gasteiger partial charge < -0.3 is 20.5 Å². The number of ether oxygens (including phenoxy) is 1. The number of nitrogens with two attached hydrogens (primary N) is 1. The molecule has 0 spiro atoms. The van der Waals surface area contributed by atoms with E-state index in [2.05, 4.69) is 18.7 Å². The third-order valence-corrected chi connectivity index (χ3v) is 3.58. The Morgan fingerprint density at radius 2 is 2.05 bits per heavy atom. The van der Waals surface area contributed by atoms with Crippen molar-refractivity contribution in [3.8, 4) is 5.75 Å². The monoisotopic (exact) mass is 280 g/mol. The summed E-state index contributed by atoms with van der Waals surface area (Å²) >= 11 is 0. The molecule has 1 aromatic rings. The summed E-state index contributed by atoms with van der Waals surface area (Å²) in [7, 11) is 2.04. The number of likely N-dealkylation sites (N-methyl/N-ethyl adjacent to an activating group) is 1. The zero-order valence-corrected chi connectivity index (χ0v) is 12.9. The molecule has 0 saturated carbocycles. The predicted molar refractivity (Wildman–Crippen MR) is 82.8 cm³/mol. The molecule has 0 bridgehead atoms. The number of hydrogen-bond acceptors (Lipinski definition) is 4. The summed E-state index contributed by atoms with van der Waals surface area (Å²) in [4.78, 5) is 2.17. The van der Waals surface area contributed by atoms with Gasteiger partial charge in [-0.3, -0.25) is 0 Å². The molecule has 0 fully saturated rings. The van der Waals surface area contributed by atoms with Gasteiger partial charge in [0.15, 0.2) is 0 Å². The maximum atomic E-state index is 10.1. The van der Waals surface area contributed by atoms with Gasteiger partial charge in [-0.05, 0) is 26.5 Å². The van der Waals surface area contributed by atoms with E-state index in [1.165, 1.54) is 0 Å². The number of rotatable bonds is 9. The Morgan fingerprint density at radius 1 is 1.35 bits per heavy atom. The molecule has 114 valence electrons. The normalized spacial score (nSPS) is 14.3. The van der Waals surface area contributed by atoms with Crippen molar-refractivity contribution in [1.82, 2.24) is 4.90 Å². The van der Waals surface area contributed by atoms with Crippen LogP contribution in [0.3, 0.4) is 0 Å². The van der Waals surface area contributed by atoms with Crippen molar-refractivity contribution in [3.63, 3.8) is 0 Å². The van der Waals surface area contributed by atoms with E-state index in [-0.39, 0.29) is 0 Å². The van der Waals surface area contributed by atoms with Crippen LogP contribution in [0.1, 0.15) is 32.3 Å². The molecule has 2 unspecified atom stereocenters. The third kappa shape index (κ3) is 5.49. The first kappa shape index (κ1) is 17.0. The first-order valence-electron chi connectivity index (χ1n) is 7.37. The van der Waals surface area contributed by atoms with Crippen molar-refractivity contribution in [1.29, 1.82) is 0 Å². The molecular formula is C16H28N2O2. The van der Waals surface area contributed by atoms with Crippen LogP contribution in [0, 0.1) is 0 Å². The molecule has 2 atom stereocenters. The van der Waals surface area contributed by atoms with E-state index in [4.69, 9.17) is 10.5 Å². The van der Waals surface area contributed by atoms with Gasteiger partial charge in [0.2, 0.25) is 0 Å². The van der Waals surface area contributed by atoms with Crippen molar-refractivity contribution in [2.45, 2.75) is 45.4 Å². The molecule has 4 nitrogen and oxygen atoms in total. The highest BCUT2D eigenvalue weighted by Crippen LogP contribution is 2.17. The molecule has 0 aromatic heterocycles. The standard InChI is InChI=1S/C16H28N2O2/c1-4-7-13(2)18(3)11-15(19)12-20-16-9-6-5-8-14(16)10-17/h5-6,8-9,13,15,19H,4,7,10-12,17H2,1-3H3. The van der Waals surface area contributed by atoms with Crippen molar-refractivity contribution >= 4 is 0 Å². The molecule has 3 N–H and O–H groups in total. The van der Waals surface area contributed by atoms with Gasteiger partial charge >= 0.3 is 0 Å². The minimum absolute atomic E-state index is 0.292. The van der Waals surface area contributed by atoms with Gasteiger partial charge in [-0.1, -0.05) is 31.5 Å². The van der Waals surface area contributed by atoms with Crippen LogP contribution in [-0.4, -0.2) is 42.4 Å². The van der Waals surface area contributed by atoms with E-state index in [1.54, 1.807) is 0 Å². The predicted octanol–water partition coefficient (Wildman–Crippen LogP) is 2.01. The summed E-state index contributed by atoms with van der Waals surface area (Å²) in [6.07, 6.45) is 1.80. The SMILES string of the molecule is CCCC(C)N(C)CC(O)COc1ccccc1CN. The fourth-order valence-corrected chi connectivity index (χ4v) is 2.20. The molecule has 20 heavy (non-hydrogen) atoms. The third-order valence-electron chi connectivity index (χ3n) is 3.58. The van der Waals surface area contributed by atoms with Gasteiger partial charge in [0.05, 0.1) is 0 Å². The molecule has 0 aliphatic rings. The highest BCUT2D eigenvalue weighted by atomic mass is 16.5. The Balaban J connectivity index is 2.41. The Kier molecular flexibility index (Phi) is 7.59. The summed E-state index contributed by atoms with van der Waals surface area (Å²) in [6.45, 7) is 5.71. The summed E-state index contributed by atoms with van der Waals surface area (Å²) in [5, 5.41) is 10.1. The van der Waals surface area contributed by atoms with Crippen LogP contribution >= 0.6 is 0 Å². The lowest BCUT2D eigenvalue weighted by atomic mass is 10.1. The Hall–Kier alpha value is -1.10. The molecule has 1 aromatic carbocycles. The molecule has 0 saturated heterocycles. The van der Waals surface area contributed by atoms with E-state index in [1.807, 2.05) is 31.3 Å². The Bertz CT molecular complexity index is 384. The molecule has 0 aliphatic carbocycles. The average molecular weight is 280 g/mol. The second kappa shape index (κ2) is 8.95. The molecule has 1 rings (SSSR count). The second-order valence-electron chi connectivity index (χ2n) is 5.35. The summed E-state index contributed by atoms with van der Waals surface area (Å²) in [5.41, 5.74) is 6.63. The minimum Gasteiger partial charge on any atom is -0.491 e. The minimum atomic E-state index is -0.495. The topological polar surface area (TPSA) is 58.7 Å². The van der Waals surface area contributed by atoms with E-state index in [0.717, 1.165) is 24.2 Å². The number of hydrogen-bond donors (Lipinski definition) is 2. The van der Waals surface area contributed by atoms with Crippen LogP contribution in [-0.2, 0) is 6.54 Å². The molecular weight excluding hydrogens is 252 g/mol. The van der Waals surface area contributed by atoms with Gasteiger partial charge in [-0.2, -0.15) is 0 Å². The average Bonchev–Trinajstić information content (AvgIpc) is 2.45. The fourth-order valence-electron chi connectivity index (χ4n) is 2.20. The van der Waals surface area contributed by atoms with Gasteiger partial charge in [0.1, 0.15) is 18.5 Å². The first-order valence-corrected chi connectivity index (χ1v) is 7.37.